The van der Waals surface area contributed by atoms with Crippen molar-refractivity contribution >= 4 is 18.0 Å². The molecule has 0 bridgehead atoms. The second-order valence-corrected chi connectivity index (χ2v) is 8.00. The maximum absolute atomic E-state index is 15.7. The number of esters is 2. The van der Waals surface area contributed by atoms with Crippen molar-refractivity contribution in [1.29, 1.82) is 0 Å². The molecule has 2 aromatic rings. The van der Waals surface area contributed by atoms with Crippen molar-refractivity contribution in [2.45, 2.75) is 24.6 Å². The fourth-order valence-electron chi connectivity index (χ4n) is 3.81. The van der Waals surface area contributed by atoms with Gasteiger partial charge in [-0.05, 0) is 24.3 Å². The van der Waals surface area contributed by atoms with E-state index in [1.54, 1.807) is 79.9 Å². The molecule has 2 aliphatic rings. The summed E-state index contributed by atoms with van der Waals surface area (Å²) in [4.78, 5) is 40.5. The molecule has 2 aromatic carbocycles. The van der Waals surface area contributed by atoms with E-state index in [9.17, 15) is 14.4 Å². The van der Waals surface area contributed by atoms with Crippen molar-refractivity contribution in [1.82, 2.24) is 9.80 Å². The van der Waals surface area contributed by atoms with Crippen molar-refractivity contribution in [3.63, 3.8) is 0 Å². The molecule has 178 valence electrons. The minimum atomic E-state index is -1.85. The van der Waals surface area contributed by atoms with Crippen molar-refractivity contribution in [2.24, 2.45) is 0 Å². The van der Waals surface area contributed by atoms with E-state index in [4.69, 9.17) is 14.2 Å². The van der Waals surface area contributed by atoms with Gasteiger partial charge in [-0.2, -0.15) is 0 Å². The van der Waals surface area contributed by atoms with Gasteiger partial charge in [0, 0.05) is 20.1 Å². The van der Waals surface area contributed by atoms with E-state index in [2.05, 4.69) is 0 Å². The maximum Gasteiger partial charge on any atom is 0.338 e. The number of hydrogen-bond donors (Lipinski definition) is 0. The zero-order valence-electron chi connectivity index (χ0n) is 18.6. The number of urea groups is 1. The summed E-state index contributed by atoms with van der Waals surface area (Å²) in [6.07, 6.45) is -2.11. The summed E-state index contributed by atoms with van der Waals surface area (Å²) in [5, 5.41) is 0. The van der Waals surface area contributed by atoms with Crippen LogP contribution in [0.4, 0.5) is 9.18 Å². The largest absolute Gasteiger partial charge is 0.459 e. The normalized spacial score (nSPS) is 24.6. The third kappa shape index (κ3) is 5.09. The van der Waals surface area contributed by atoms with Crippen LogP contribution in [0.5, 0.6) is 0 Å². The summed E-state index contributed by atoms with van der Waals surface area (Å²) in [6.45, 7) is 0.152. The van der Waals surface area contributed by atoms with E-state index in [1.165, 1.54) is 9.80 Å². The molecule has 4 atom stereocenters. The summed E-state index contributed by atoms with van der Waals surface area (Å²) in [7, 11) is 1.60. The van der Waals surface area contributed by atoms with Gasteiger partial charge in [0.2, 0.25) is 0 Å². The van der Waals surface area contributed by atoms with Crippen LogP contribution in [0, 0.1) is 0 Å². The molecule has 8 nitrogen and oxygen atoms in total. The lowest BCUT2D eigenvalue weighted by Gasteiger charge is -2.30. The highest BCUT2D eigenvalue weighted by atomic mass is 19.1. The van der Waals surface area contributed by atoms with Crippen LogP contribution in [-0.4, -0.2) is 79.1 Å². The number of nitrogens with zero attached hydrogens (tertiary/aromatic N) is 2. The minimum Gasteiger partial charge on any atom is -0.459 e. The molecule has 2 heterocycles. The van der Waals surface area contributed by atoms with Crippen LogP contribution >= 0.6 is 0 Å². The number of carbonyl (C=O) groups excluding carboxylic acids is 3. The smallest absolute Gasteiger partial charge is 0.338 e. The Labute approximate surface area is 196 Å². The molecule has 4 unspecified atom stereocenters. The van der Waals surface area contributed by atoms with Crippen LogP contribution in [0.2, 0.25) is 0 Å². The molecular weight excluding hydrogens is 443 g/mol. The first-order valence-electron chi connectivity index (χ1n) is 10.9. The highest BCUT2D eigenvalue weighted by Crippen LogP contribution is 2.31. The molecular formula is C25H25FN2O6. The number of ether oxygens (including phenoxy) is 3. The summed E-state index contributed by atoms with van der Waals surface area (Å²) in [6, 6.07) is 16.0. The summed E-state index contributed by atoms with van der Waals surface area (Å²) in [5.74, 6) is -1.36. The van der Waals surface area contributed by atoms with Crippen LogP contribution in [0.3, 0.4) is 0 Å². The molecule has 2 amide bonds. The van der Waals surface area contributed by atoms with Crippen LogP contribution < -0.4 is 0 Å². The first kappa shape index (κ1) is 23.4. The Kier molecular flexibility index (Phi) is 7.22. The number of likely N-dealkylation sites (N-methyl/N-ethyl adjacent to an activating group) is 1. The molecule has 0 saturated carbocycles. The summed E-state index contributed by atoms with van der Waals surface area (Å²) >= 11 is 0. The van der Waals surface area contributed by atoms with Crippen LogP contribution in [0.1, 0.15) is 20.7 Å². The molecule has 1 saturated heterocycles. The van der Waals surface area contributed by atoms with E-state index in [-0.39, 0.29) is 18.7 Å². The zero-order valence-corrected chi connectivity index (χ0v) is 18.6. The van der Waals surface area contributed by atoms with E-state index < -0.39 is 42.6 Å². The first-order valence-corrected chi connectivity index (χ1v) is 10.9. The molecule has 0 aliphatic carbocycles. The fraction of sp³-hybridized carbons (Fsp3) is 0.320. The van der Waals surface area contributed by atoms with E-state index in [0.717, 1.165) is 0 Å². The summed E-state index contributed by atoms with van der Waals surface area (Å²) < 4.78 is 32.3. The molecule has 0 radical (unpaired) electrons. The Morgan fingerprint density at radius 3 is 2.21 bits per heavy atom. The average Bonchev–Trinajstić information content (AvgIpc) is 3.07. The topological polar surface area (TPSA) is 85.4 Å². The van der Waals surface area contributed by atoms with Crippen molar-refractivity contribution < 1.29 is 33.0 Å². The van der Waals surface area contributed by atoms with Crippen LogP contribution in [0.15, 0.2) is 72.8 Å². The minimum absolute atomic E-state index is 0.129. The Hall–Kier alpha value is -3.72. The number of amides is 2. The predicted octanol–water partition coefficient (Wildman–Crippen LogP) is 3.06. The van der Waals surface area contributed by atoms with Gasteiger partial charge in [0.15, 0.2) is 18.5 Å². The second kappa shape index (κ2) is 10.5. The number of halogens is 1. The van der Waals surface area contributed by atoms with Crippen molar-refractivity contribution in [2.75, 3.05) is 26.7 Å². The van der Waals surface area contributed by atoms with Gasteiger partial charge < -0.3 is 19.1 Å². The quantitative estimate of drug-likeness (QED) is 0.479. The molecule has 0 spiro atoms. The van der Waals surface area contributed by atoms with Gasteiger partial charge in [-0.25, -0.2) is 18.8 Å². The Morgan fingerprint density at radius 2 is 1.56 bits per heavy atom. The van der Waals surface area contributed by atoms with Gasteiger partial charge in [0.25, 0.3) is 0 Å². The molecule has 34 heavy (non-hydrogen) atoms. The molecule has 1 fully saturated rings. The van der Waals surface area contributed by atoms with Gasteiger partial charge in [-0.3, -0.25) is 4.90 Å². The van der Waals surface area contributed by atoms with Gasteiger partial charge >= 0.3 is 18.0 Å². The molecule has 0 aromatic heterocycles. The summed E-state index contributed by atoms with van der Waals surface area (Å²) in [5.41, 5.74) is 0.563. The third-order valence-corrected chi connectivity index (χ3v) is 5.64. The highest BCUT2D eigenvalue weighted by molar-refractivity contribution is 5.90. The Balaban J connectivity index is 1.53. The monoisotopic (exact) mass is 468 g/mol. The lowest BCUT2D eigenvalue weighted by atomic mass is 10.1. The van der Waals surface area contributed by atoms with Gasteiger partial charge in [0.05, 0.1) is 11.1 Å². The molecule has 4 rings (SSSR count). The lowest BCUT2D eigenvalue weighted by molar-refractivity contribution is -0.0752. The number of rotatable bonds is 6. The zero-order chi connectivity index (χ0) is 24.1. The van der Waals surface area contributed by atoms with E-state index in [1.807, 2.05) is 0 Å². The van der Waals surface area contributed by atoms with Crippen molar-refractivity contribution in [3.05, 3.63) is 83.9 Å². The third-order valence-electron chi connectivity index (χ3n) is 5.64. The number of carbonyl (C=O) groups is 3. The average molecular weight is 468 g/mol. The standard InChI is InChI=1S/C25H25FN2O6/c1-27-14-8-9-15-28(25(27)31)22-20(26)21(34-24(30)18-12-6-3-7-13-18)19(33-22)16-32-23(29)17-10-4-2-5-11-17/h2-13,19-22H,14-16H2,1H3. The van der Waals surface area contributed by atoms with Gasteiger partial charge in [-0.15, -0.1) is 0 Å². The van der Waals surface area contributed by atoms with Crippen LogP contribution in [0.25, 0.3) is 0 Å². The number of benzene rings is 2. The van der Waals surface area contributed by atoms with E-state index >= 15 is 4.39 Å². The molecule has 2 aliphatic heterocycles. The number of hydrogen-bond acceptors (Lipinski definition) is 6. The van der Waals surface area contributed by atoms with Crippen LogP contribution in [-0.2, 0) is 14.2 Å². The Bertz CT molecular complexity index is 1050. The van der Waals surface area contributed by atoms with Gasteiger partial charge in [0.1, 0.15) is 12.7 Å². The van der Waals surface area contributed by atoms with Gasteiger partial charge in [-0.1, -0.05) is 48.6 Å². The van der Waals surface area contributed by atoms with Crippen molar-refractivity contribution in [3.8, 4) is 0 Å². The van der Waals surface area contributed by atoms with E-state index in [0.29, 0.717) is 12.1 Å². The highest BCUT2D eigenvalue weighted by Gasteiger charge is 2.52. The maximum atomic E-state index is 15.7. The fourth-order valence-corrected chi connectivity index (χ4v) is 3.81. The number of alkyl halides is 1. The molecule has 9 heteroatoms. The SMILES string of the molecule is CN1CC=CCN(C2OC(COC(=O)c3ccccc3)C(OC(=O)c3ccccc3)C2F)C1=O. The molecule has 0 N–H and O–H groups in total. The lowest BCUT2D eigenvalue weighted by Crippen LogP contribution is -2.50. The predicted molar refractivity (Wildman–Crippen MR) is 120 cm³/mol. The Morgan fingerprint density at radius 1 is 0.971 bits per heavy atom. The second-order valence-electron chi connectivity index (χ2n) is 8.00. The first-order chi connectivity index (χ1) is 16.5.